The first-order chi connectivity index (χ1) is 7.65. The Bertz CT molecular complexity index is 361. The molecule has 0 aliphatic carbocycles. The standard InChI is InChI=1S/C12H18N2O2/c1-3-8(2)14-11(15)7-9(13)12(14)10-5-4-6-16-10/h4-6,8-9,12H,3,7,13H2,1-2H3. The molecule has 1 aliphatic rings. The van der Waals surface area contributed by atoms with Gasteiger partial charge in [-0.1, -0.05) is 6.92 Å². The van der Waals surface area contributed by atoms with Gasteiger partial charge in [0, 0.05) is 18.5 Å². The molecule has 1 aliphatic heterocycles. The summed E-state index contributed by atoms with van der Waals surface area (Å²) in [5, 5.41) is 0. The van der Waals surface area contributed by atoms with E-state index >= 15 is 0 Å². The van der Waals surface area contributed by atoms with E-state index in [0.717, 1.165) is 12.2 Å². The number of likely N-dealkylation sites (tertiary alicyclic amines) is 1. The number of nitrogens with two attached hydrogens (primary N) is 1. The van der Waals surface area contributed by atoms with E-state index in [9.17, 15) is 4.79 Å². The lowest BCUT2D eigenvalue weighted by Crippen LogP contribution is -2.38. The van der Waals surface area contributed by atoms with Gasteiger partial charge in [0.2, 0.25) is 5.91 Å². The average Bonchev–Trinajstić information content (AvgIpc) is 2.84. The number of amides is 1. The van der Waals surface area contributed by atoms with Crippen LogP contribution in [0.15, 0.2) is 22.8 Å². The molecule has 0 spiro atoms. The van der Waals surface area contributed by atoms with Crippen molar-refractivity contribution in [2.45, 2.75) is 44.8 Å². The molecule has 1 saturated heterocycles. The minimum absolute atomic E-state index is 0.0996. The fourth-order valence-electron chi connectivity index (χ4n) is 2.30. The van der Waals surface area contributed by atoms with Crippen molar-refractivity contribution in [2.75, 3.05) is 0 Å². The van der Waals surface area contributed by atoms with Gasteiger partial charge in [0.05, 0.1) is 6.26 Å². The molecule has 1 aromatic rings. The first kappa shape index (κ1) is 11.2. The topological polar surface area (TPSA) is 59.5 Å². The second-order valence-corrected chi connectivity index (χ2v) is 4.39. The third-order valence-electron chi connectivity index (χ3n) is 3.30. The number of rotatable bonds is 3. The summed E-state index contributed by atoms with van der Waals surface area (Å²) < 4.78 is 5.39. The maximum atomic E-state index is 11.9. The normalized spacial score (nSPS) is 27.4. The summed E-state index contributed by atoms with van der Waals surface area (Å²) in [5.41, 5.74) is 6.02. The van der Waals surface area contributed by atoms with Crippen molar-refractivity contribution in [3.63, 3.8) is 0 Å². The van der Waals surface area contributed by atoms with E-state index in [2.05, 4.69) is 6.92 Å². The molecule has 3 atom stereocenters. The molecular formula is C12H18N2O2. The van der Waals surface area contributed by atoms with Crippen LogP contribution in [0.3, 0.4) is 0 Å². The minimum atomic E-state index is -0.160. The van der Waals surface area contributed by atoms with Crippen LogP contribution in [0, 0.1) is 0 Å². The molecule has 1 aromatic heterocycles. The highest BCUT2D eigenvalue weighted by Crippen LogP contribution is 2.34. The Morgan fingerprint density at radius 1 is 1.69 bits per heavy atom. The lowest BCUT2D eigenvalue weighted by atomic mass is 10.1. The summed E-state index contributed by atoms with van der Waals surface area (Å²) in [6.07, 6.45) is 2.96. The van der Waals surface area contributed by atoms with Crippen molar-refractivity contribution in [1.29, 1.82) is 0 Å². The first-order valence-electron chi connectivity index (χ1n) is 5.75. The monoisotopic (exact) mass is 222 g/mol. The zero-order chi connectivity index (χ0) is 11.7. The maximum Gasteiger partial charge on any atom is 0.225 e. The summed E-state index contributed by atoms with van der Waals surface area (Å²) in [5.74, 6) is 0.918. The number of carbonyl (C=O) groups excluding carboxylic acids is 1. The summed E-state index contributed by atoms with van der Waals surface area (Å²) in [4.78, 5) is 13.8. The third kappa shape index (κ3) is 1.73. The molecule has 4 heteroatoms. The van der Waals surface area contributed by atoms with Crippen LogP contribution in [0.1, 0.15) is 38.5 Å². The van der Waals surface area contributed by atoms with Gasteiger partial charge in [0.15, 0.2) is 0 Å². The fourth-order valence-corrected chi connectivity index (χ4v) is 2.30. The summed E-state index contributed by atoms with van der Waals surface area (Å²) in [7, 11) is 0. The van der Waals surface area contributed by atoms with E-state index in [4.69, 9.17) is 10.2 Å². The lowest BCUT2D eigenvalue weighted by molar-refractivity contribution is -0.131. The highest BCUT2D eigenvalue weighted by atomic mass is 16.3. The SMILES string of the molecule is CCC(C)N1C(=O)CC(N)C1c1ccco1. The van der Waals surface area contributed by atoms with E-state index in [1.807, 2.05) is 24.0 Å². The Balaban J connectivity index is 2.29. The van der Waals surface area contributed by atoms with Gasteiger partial charge in [-0.15, -0.1) is 0 Å². The molecular weight excluding hydrogens is 204 g/mol. The Hall–Kier alpha value is -1.29. The van der Waals surface area contributed by atoms with E-state index in [0.29, 0.717) is 6.42 Å². The smallest absolute Gasteiger partial charge is 0.225 e. The minimum Gasteiger partial charge on any atom is -0.467 e. The summed E-state index contributed by atoms with van der Waals surface area (Å²) >= 11 is 0. The summed E-state index contributed by atoms with van der Waals surface area (Å²) in [6, 6.07) is 3.67. The van der Waals surface area contributed by atoms with Crippen molar-refractivity contribution in [1.82, 2.24) is 4.90 Å². The molecule has 1 amide bonds. The highest BCUT2D eigenvalue weighted by Gasteiger charge is 2.41. The van der Waals surface area contributed by atoms with Crippen molar-refractivity contribution in [3.05, 3.63) is 24.2 Å². The molecule has 0 radical (unpaired) electrons. The van der Waals surface area contributed by atoms with Crippen molar-refractivity contribution in [3.8, 4) is 0 Å². The van der Waals surface area contributed by atoms with Crippen LogP contribution < -0.4 is 5.73 Å². The van der Waals surface area contributed by atoms with Gasteiger partial charge in [-0.05, 0) is 25.5 Å². The predicted octanol–water partition coefficient (Wildman–Crippen LogP) is 1.68. The Morgan fingerprint density at radius 3 is 3.00 bits per heavy atom. The molecule has 4 nitrogen and oxygen atoms in total. The van der Waals surface area contributed by atoms with Crippen LogP contribution in [-0.2, 0) is 4.79 Å². The number of hydrogen-bond donors (Lipinski definition) is 1. The van der Waals surface area contributed by atoms with Crippen molar-refractivity contribution < 1.29 is 9.21 Å². The van der Waals surface area contributed by atoms with Crippen LogP contribution >= 0.6 is 0 Å². The molecule has 3 unspecified atom stereocenters. The average molecular weight is 222 g/mol. The van der Waals surface area contributed by atoms with Gasteiger partial charge in [-0.2, -0.15) is 0 Å². The third-order valence-corrected chi connectivity index (χ3v) is 3.30. The molecule has 0 bridgehead atoms. The largest absolute Gasteiger partial charge is 0.467 e. The number of nitrogens with zero attached hydrogens (tertiary/aromatic N) is 1. The molecule has 88 valence electrons. The molecule has 16 heavy (non-hydrogen) atoms. The van der Waals surface area contributed by atoms with Crippen molar-refractivity contribution >= 4 is 5.91 Å². The maximum absolute atomic E-state index is 11.9. The van der Waals surface area contributed by atoms with E-state index < -0.39 is 0 Å². The van der Waals surface area contributed by atoms with E-state index in [1.54, 1.807) is 6.26 Å². The van der Waals surface area contributed by atoms with Crippen LogP contribution in [0.25, 0.3) is 0 Å². The second kappa shape index (κ2) is 4.29. The highest BCUT2D eigenvalue weighted by molar-refractivity contribution is 5.80. The van der Waals surface area contributed by atoms with Gasteiger partial charge in [0.25, 0.3) is 0 Å². The zero-order valence-corrected chi connectivity index (χ0v) is 9.72. The van der Waals surface area contributed by atoms with Gasteiger partial charge < -0.3 is 15.1 Å². The van der Waals surface area contributed by atoms with E-state index in [1.165, 1.54) is 0 Å². The van der Waals surface area contributed by atoms with Gasteiger partial charge in [-0.25, -0.2) is 0 Å². The van der Waals surface area contributed by atoms with Crippen LogP contribution in [0.2, 0.25) is 0 Å². The number of carbonyl (C=O) groups is 1. The molecule has 2 N–H and O–H groups in total. The zero-order valence-electron chi connectivity index (χ0n) is 9.72. The van der Waals surface area contributed by atoms with Crippen LogP contribution in [-0.4, -0.2) is 22.9 Å². The Morgan fingerprint density at radius 2 is 2.44 bits per heavy atom. The number of furan rings is 1. The molecule has 1 fully saturated rings. The summed E-state index contributed by atoms with van der Waals surface area (Å²) in [6.45, 7) is 4.12. The van der Waals surface area contributed by atoms with Gasteiger partial charge >= 0.3 is 0 Å². The number of hydrogen-bond acceptors (Lipinski definition) is 3. The van der Waals surface area contributed by atoms with Crippen LogP contribution in [0.5, 0.6) is 0 Å². The Kier molecular flexibility index (Phi) is 3.01. The molecule has 2 rings (SSSR count). The molecule has 2 heterocycles. The Labute approximate surface area is 95.4 Å². The fraction of sp³-hybridized carbons (Fsp3) is 0.583. The van der Waals surface area contributed by atoms with Gasteiger partial charge in [-0.3, -0.25) is 4.79 Å². The van der Waals surface area contributed by atoms with Gasteiger partial charge in [0.1, 0.15) is 11.8 Å². The van der Waals surface area contributed by atoms with Crippen molar-refractivity contribution in [2.24, 2.45) is 5.73 Å². The van der Waals surface area contributed by atoms with E-state index in [-0.39, 0.29) is 24.0 Å². The molecule has 0 saturated carbocycles. The predicted molar refractivity (Wildman–Crippen MR) is 60.6 cm³/mol. The first-order valence-corrected chi connectivity index (χ1v) is 5.75. The quantitative estimate of drug-likeness (QED) is 0.846. The second-order valence-electron chi connectivity index (χ2n) is 4.39. The molecule has 0 aromatic carbocycles. The van der Waals surface area contributed by atoms with Crippen LogP contribution in [0.4, 0.5) is 0 Å². The lowest BCUT2D eigenvalue weighted by Gasteiger charge is -2.30.